The fourth-order valence-electron chi connectivity index (χ4n) is 1.11. The lowest BCUT2D eigenvalue weighted by Crippen LogP contribution is -1.70. The zero-order chi connectivity index (χ0) is 15.4. The number of phenols is 8. The van der Waals surface area contributed by atoms with Crippen LogP contribution in [0.1, 0.15) is 0 Å². The van der Waals surface area contributed by atoms with Crippen LogP contribution in [0.2, 0.25) is 0 Å². The first-order valence-electron chi connectivity index (χ1n) is 5.10. The van der Waals surface area contributed by atoms with E-state index >= 15 is 0 Å². The van der Waals surface area contributed by atoms with Gasteiger partial charge in [-0.2, -0.15) is 0 Å². The maximum atomic E-state index is 8.70. The first kappa shape index (κ1) is 14.9. The number of rotatable bonds is 0. The second kappa shape index (κ2) is 5.65. The molecule has 0 heterocycles. The molecule has 20 heavy (non-hydrogen) atoms. The molecule has 0 atom stereocenters. The maximum absolute atomic E-state index is 8.70. The lowest BCUT2D eigenvalue weighted by atomic mass is 10.3. The van der Waals surface area contributed by atoms with E-state index in [9.17, 15) is 0 Å². The third-order valence-electron chi connectivity index (χ3n) is 2.14. The molecule has 0 radical (unpaired) electrons. The quantitative estimate of drug-likeness (QED) is 0.262. The van der Waals surface area contributed by atoms with E-state index in [1.54, 1.807) is 0 Å². The van der Waals surface area contributed by atoms with Gasteiger partial charge in [0.15, 0.2) is 46.0 Å². The molecule has 8 nitrogen and oxygen atoms in total. The summed E-state index contributed by atoms with van der Waals surface area (Å²) in [6.07, 6.45) is 0. The molecule has 2 aromatic rings. The van der Waals surface area contributed by atoms with Gasteiger partial charge in [-0.3, -0.25) is 0 Å². The summed E-state index contributed by atoms with van der Waals surface area (Å²) in [7, 11) is 0. The number of benzene rings is 2. The molecule has 8 N–H and O–H groups in total. The summed E-state index contributed by atoms with van der Waals surface area (Å²) in [4.78, 5) is 0. The van der Waals surface area contributed by atoms with Crippen molar-refractivity contribution in [1.82, 2.24) is 0 Å². The maximum Gasteiger partial charge on any atom is 0.161 e. The summed E-state index contributed by atoms with van der Waals surface area (Å²) in [6.45, 7) is 0. The van der Waals surface area contributed by atoms with Gasteiger partial charge in [-0.1, -0.05) is 0 Å². The van der Waals surface area contributed by atoms with Crippen LogP contribution in [-0.2, 0) is 0 Å². The van der Waals surface area contributed by atoms with E-state index in [-0.39, 0.29) is 0 Å². The Kier molecular flexibility index (Phi) is 4.21. The number of phenolic OH excluding ortho intramolecular Hbond substituents is 8. The first-order chi connectivity index (χ1) is 9.22. The molecule has 8 heteroatoms. The first-order valence-corrected chi connectivity index (χ1v) is 5.10. The molecule has 0 amide bonds. The minimum Gasteiger partial charge on any atom is -0.504 e. The van der Waals surface area contributed by atoms with Gasteiger partial charge in [-0.15, -0.1) is 0 Å². The summed E-state index contributed by atoms with van der Waals surface area (Å²) >= 11 is 0. The van der Waals surface area contributed by atoms with Gasteiger partial charge in [0.25, 0.3) is 0 Å². The van der Waals surface area contributed by atoms with Crippen molar-refractivity contribution < 1.29 is 40.9 Å². The molecule has 0 aliphatic heterocycles. The third kappa shape index (κ3) is 3.42. The van der Waals surface area contributed by atoms with Crippen molar-refractivity contribution in [1.29, 1.82) is 0 Å². The summed E-state index contributed by atoms with van der Waals surface area (Å²) in [6, 6.07) is 3.41. The van der Waals surface area contributed by atoms with Crippen LogP contribution < -0.4 is 0 Å². The van der Waals surface area contributed by atoms with Gasteiger partial charge in [0.05, 0.1) is 0 Å². The summed E-state index contributed by atoms with van der Waals surface area (Å²) in [5.41, 5.74) is 0. The van der Waals surface area contributed by atoms with Gasteiger partial charge in [0.1, 0.15) is 0 Å². The predicted octanol–water partition coefficient (Wildman–Crippen LogP) is 1.02. The van der Waals surface area contributed by atoms with Crippen LogP contribution in [0.3, 0.4) is 0 Å². The molecule has 0 saturated carbocycles. The van der Waals surface area contributed by atoms with Crippen molar-refractivity contribution in [3.05, 3.63) is 24.3 Å². The minimum absolute atomic E-state index is 0.463. The Balaban J connectivity index is 0.000000200. The minimum atomic E-state index is -0.463. The summed E-state index contributed by atoms with van der Waals surface area (Å²) in [5, 5.41) is 69.6. The zero-order valence-corrected chi connectivity index (χ0v) is 9.89. The molecule has 0 saturated heterocycles. The van der Waals surface area contributed by atoms with E-state index in [1.807, 2.05) is 0 Å². The summed E-state index contributed by atoms with van der Waals surface area (Å²) in [5.74, 6) is -3.70. The van der Waals surface area contributed by atoms with E-state index in [2.05, 4.69) is 0 Å². The number of hydrogen-bond donors (Lipinski definition) is 8. The molecule has 0 unspecified atom stereocenters. The van der Waals surface area contributed by atoms with Crippen LogP contribution in [0.5, 0.6) is 46.0 Å². The molecule has 2 rings (SSSR count). The predicted molar refractivity (Wildman–Crippen MR) is 66.2 cm³/mol. The average molecular weight is 284 g/mol. The standard InChI is InChI=1S/2C6H6O4/c2*7-3-1-4(8)6(10)2-5(3)9/h2*1-2,7-10H. The molecular formula is C12H12O8. The van der Waals surface area contributed by atoms with Crippen LogP contribution in [0, 0.1) is 0 Å². The third-order valence-corrected chi connectivity index (χ3v) is 2.14. The fraction of sp³-hybridized carbons (Fsp3) is 0. The Morgan fingerprint density at radius 2 is 0.400 bits per heavy atom. The Morgan fingerprint density at radius 1 is 0.300 bits per heavy atom. The van der Waals surface area contributed by atoms with Crippen molar-refractivity contribution in [2.45, 2.75) is 0 Å². The molecule has 0 aliphatic rings. The van der Waals surface area contributed by atoms with Gasteiger partial charge in [-0.25, -0.2) is 0 Å². The SMILES string of the molecule is Oc1cc(O)c(O)cc1O.Oc1cc(O)c(O)cc1O. The van der Waals surface area contributed by atoms with Crippen molar-refractivity contribution >= 4 is 0 Å². The average Bonchev–Trinajstić information content (AvgIpc) is 2.35. The van der Waals surface area contributed by atoms with E-state index in [1.165, 1.54) is 0 Å². The van der Waals surface area contributed by atoms with Crippen LogP contribution in [0.4, 0.5) is 0 Å². The molecule has 0 spiro atoms. The van der Waals surface area contributed by atoms with E-state index in [4.69, 9.17) is 40.9 Å². The normalized spacial score (nSPS) is 9.60. The van der Waals surface area contributed by atoms with Crippen molar-refractivity contribution in [2.75, 3.05) is 0 Å². The van der Waals surface area contributed by atoms with Gasteiger partial charge < -0.3 is 40.9 Å². The second-order valence-electron chi connectivity index (χ2n) is 3.66. The van der Waals surface area contributed by atoms with Crippen LogP contribution >= 0.6 is 0 Å². The van der Waals surface area contributed by atoms with E-state index < -0.39 is 46.0 Å². The Hall–Kier alpha value is -3.16. The van der Waals surface area contributed by atoms with E-state index in [0.717, 1.165) is 24.3 Å². The highest BCUT2D eigenvalue weighted by molar-refractivity contribution is 5.51. The summed E-state index contributed by atoms with van der Waals surface area (Å²) < 4.78 is 0. The van der Waals surface area contributed by atoms with Crippen molar-refractivity contribution in [3.8, 4) is 46.0 Å². The van der Waals surface area contributed by atoms with Gasteiger partial charge in [0.2, 0.25) is 0 Å². The largest absolute Gasteiger partial charge is 0.504 e. The molecule has 0 fully saturated rings. The van der Waals surface area contributed by atoms with Crippen molar-refractivity contribution in [3.63, 3.8) is 0 Å². The number of hydrogen-bond acceptors (Lipinski definition) is 8. The second-order valence-corrected chi connectivity index (χ2v) is 3.66. The van der Waals surface area contributed by atoms with Crippen LogP contribution in [0.25, 0.3) is 0 Å². The molecule has 0 aromatic heterocycles. The Morgan fingerprint density at radius 3 is 0.500 bits per heavy atom. The van der Waals surface area contributed by atoms with Crippen LogP contribution in [0.15, 0.2) is 24.3 Å². The monoisotopic (exact) mass is 284 g/mol. The van der Waals surface area contributed by atoms with Crippen molar-refractivity contribution in [2.24, 2.45) is 0 Å². The zero-order valence-electron chi connectivity index (χ0n) is 9.89. The molecular weight excluding hydrogens is 272 g/mol. The Labute approximate surface area is 112 Å². The van der Waals surface area contributed by atoms with Gasteiger partial charge in [0, 0.05) is 24.3 Å². The highest BCUT2D eigenvalue weighted by Crippen LogP contribution is 2.36. The Bertz CT molecular complexity index is 467. The molecule has 108 valence electrons. The molecule has 0 aliphatic carbocycles. The smallest absolute Gasteiger partial charge is 0.161 e. The topological polar surface area (TPSA) is 162 Å². The number of aromatic hydroxyl groups is 8. The highest BCUT2D eigenvalue weighted by Gasteiger charge is 2.05. The lowest BCUT2D eigenvalue weighted by molar-refractivity contribution is 0.373. The van der Waals surface area contributed by atoms with E-state index in [0.29, 0.717) is 0 Å². The van der Waals surface area contributed by atoms with Gasteiger partial charge >= 0.3 is 0 Å². The van der Waals surface area contributed by atoms with Crippen LogP contribution in [-0.4, -0.2) is 40.9 Å². The molecule has 2 aromatic carbocycles. The molecule has 0 bridgehead atoms. The van der Waals surface area contributed by atoms with Gasteiger partial charge in [-0.05, 0) is 0 Å². The highest BCUT2D eigenvalue weighted by atomic mass is 16.3. The fourth-order valence-corrected chi connectivity index (χ4v) is 1.11. The lowest BCUT2D eigenvalue weighted by Gasteiger charge is -1.99.